The first kappa shape index (κ1) is 16.2. The maximum Gasteiger partial charge on any atom is 0.133 e. The van der Waals surface area contributed by atoms with Crippen molar-refractivity contribution in [1.29, 1.82) is 0 Å². The molecule has 2 heteroatoms. The molecule has 2 nitrogen and oxygen atoms in total. The number of carbonyl (C=O) groups is 2. The molecule has 22 heavy (non-hydrogen) atoms. The van der Waals surface area contributed by atoms with Crippen LogP contribution in [0.2, 0.25) is 0 Å². The van der Waals surface area contributed by atoms with Crippen molar-refractivity contribution in [1.82, 2.24) is 0 Å². The quantitative estimate of drug-likeness (QED) is 0.695. The lowest BCUT2D eigenvalue weighted by Gasteiger charge is -2.03. The minimum Gasteiger partial charge on any atom is -0.300 e. The smallest absolute Gasteiger partial charge is 0.133 e. The van der Waals surface area contributed by atoms with Gasteiger partial charge in [0.2, 0.25) is 0 Å². The molecule has 0 aromatic heterocycles. The Morgan fingerprint density at radius 2 is 0.909 bits per heavy atom. The van der Waals surface area contributed by atoms with Gasteiger partial charge in [-0.2, -0.15) is 0 Å². The predicted octanol–water partition coefficient (Wildman–Crippen LogP) is 4.17. The van der Waals surface area contributed by atoms with Gasteiger partial charge < -0.3 is 0 Å². The molecule has 2 rings (SSSR count). The first-order chi connectivity index (χ1) is 10.7. The molecule has 2 aromatic carbocycles. The van der Waals surface area contributed by atoms with E-state index in [4.69, 9.17) is 0 Å². The third-order valence-corrected chi connectivity index (χ3v) is 3.75. The highest BCUT2D eigenvalue weighted by Gasteiger charge is 2.08. The minimum absolute atomic E-state index is 0.178. The zero-order chi connectivity index (χ0) is 15.6. The van der Waals surface area contributed by atoms with Gasteiger partial charge in [0, 0.05) is 25.7 Å². The van der Waals surface area contributed by atoms with Crippen LogP contribution in [0.15, 0.2) is 60.7 Å². The number of hydrogen-bond acceptors (Lipinski definition) is 2. The average molecular weight is 294 g/mol. The summed E-state index contributed by atoms with van der Waals surface area (Å²) >= 11 is 0. The Bertz CT molecular complexity index is 532. The summed E-state index contributed by atoms with van der Waals surface area (Å²) in [6, 6.07) is 20.0. The minimum atomic E-state index is 0.178. The number of carbonyl (C=O) groups excluding carboxylic acids is 2. The van der Waals surface area contributed by atoms with Crippen LogP contribution >= 0.6 is 0 Å². The summed E-state index contributed by atoms with van der Waals surface area (Å²) in [5, 5.41) is 0. The van der Waals surface area contributed by atoms with Crippen molar-refractivity contribution >= 4 is 11.6 Å². The molecule has 0 fully saturated rings. The summed E-state index contributed by atoms with van der Waals surface area (Å²) in [5.74, 6) is 0.355. The Hall–Kier alpha value is -2.22. The summed E-state index contributed by atoms with van der Waals surface area (Å²) in [7, 11) is 0. The summed E-state index contributed by atoms with van der Waals surface area (Å²) < 4.78 is 0. The molecular formula is C20H22O2. The van der Waals surface area contributed by atoms with E-state index in [1.807, 2.05) is 60.7 Å². The Morgan fingerprint density at radius 3 is 1.27 bits per heavy atom. The van der Waals surface area contributed by atoms with E-state index in [2.05, 4.69) is 0 Å². The van der Waals surface area contributed by atoms with Gasteiger partial charge in [0.1, 0.15) is 11.6 Å². The van der Waals surface area contributed by atoms with Crippen LogP contribution in [0.5, 0.6) is 0 Å². The van der Waals surface area contributed by atoms with E-state index in [0.717, 1.165) is 12.8 Å². The molecule has 0 N–H and O–H groups in total. The third kappa shape index (κ3) is 6.04. The van der Waals surface area contributed by atoms with Crippen LogP contribution in [0.25, 0.3) is 0 Å². The molecule has 0 bridgehead atoms. The maximum absolute atomic E-state index is 11.8. The fraction of sp³-hybridized carbons (Fsp3) is 0.300. The fourth-order valence-electron chi connectivity index (χ4n) is 2.39. The number of Topliss-reactive ketones (excluding diaryl/α,β-unsaturated/α-hetero) is 2. The summed E-state index contributed by atoms with van der Waals surface area (Å²) in [6.07, 6.45) is 3.32. The second kappa shape index (κ2) is 8.93. The van der Waals surface area contributed by atoms with Gasteiger partial charge in [-0.25, -0.2) is 0 Å². The fourth-order valence-corrected chi connectivity index (χ4v) is 2.39. The van der Waals surface area contributed by atoms with Gasteiger partial charge in [0.15, 0.2) is 0 Å². The molecule has 0 atom stereocenters. The number of rotatable bonds is 9. The molecule has 0 spiro atoms. The predicted molar refractivity (Wildman–Crippen MR) is 88.8 cm³/mol. The number of benzene rings is 2. The van der Waals surface area contributed by atoms with Gasteiger partial charge in [-0.1, -0.05) is 60.7 Å². The van der Waals surface area contributed by atoms with Gasteiger partial charge in [0.25, 0.3) is 0 Å². The zero-order valence-electron chi connectivity index (χ0n) is 12.8. The Balaban J connectivity index is 1.62. The lowest BCUT2D eigenvalue weighted by Crippen LogP contribution is -2.06. The van der Waals surface area contributed by atoms with Crippen molar-refractivity contribution in [2.24, 2.45) is 0 Å². The zero-order valence-corrected chi connectivity index (χ0v) is 12.8. The van der Waals surface area contributed by atoms with Crippen molar-refractivity contribution in [2.75, 3.05) is 0 Å². The number of aryl methyl sites for hydroxylation is 2. The molecule has 0 aliphatic rings. The van der Waals surface area contributed by atoms with Crippen molar-refractivity contribution in [3.8, 4) is 0 Å². The maximum atomic E-state index is 11.8. The van der Waals surface area contributed by atoms with Gasteiger partial charge in [0.05, 0.1) is 0 Å². The molecule has 0 heterocycles. The second-order valence-corrected chi connectivity index (χ2v) is 5.55. The van der Waals surface area contributed by atoms with Crippen LogP contribution in [0.4, 0.5) is 0 Å². The van der Waals surface area contributed by atoms with E-state index >= 15 is 0 Å². The standard InChI is InChI=1S/C20H22O2/c21-19(13-11-17-7-3-1-4-8-17)15-16-20(22)14-12-18-9-5-2-6-10-18/h1-10H,11-16H2. The highest BCUT2D eigenvalue weighted by atomic mass is 16.1. The molecule has 0 amide bonds. The summed E-state index contributed by atoms with van der Waals surface area (Å²) in [6.45, 7) is 0. The Kier molecular flexibility index (Phi) is 6.56. The molecule has 0 saturated carbocycles. The van der Waals surface area contributed by atoms with Gasteiger partial charge in [-0.15, -0.1) is 0 Å². The first-order valence-corrected chi connectivity index (χ1v) is 7.85. The van der Waals surface area contributed by atoms with Crippen LogP contribution in [0.1, 0.15) is 36.8 Å². The van der Waals surface area contributed by atoms with Crippen LogP contribution < -0.4 is 0 Å². The molecular weight excluding hydrogens is 272 g/mol. The Morgan fingerprint density at radius 1 is 0.545 bits per heavy atom. The van der Waals surface area contributed by atoms with Gasteiger partial charge in [-0.3, -0.25) is 9.59 Å². The first-order valence-electron chi connectivity index (χ1n) is 7.85. The largest absolute Gasteiger partial charge is 0.300 e. The molecule has 2 aromatic rings. The van der Waals surface area contributed by atoms with Crippen molar-refractivity contribution < 1.29 is 9.59 Å². The SMILES string of the molecule is O=C(CCC(=O)CCc1ccccc1)CCc1ccccc1. The van der Waals surface area contributed by atoms with Crippen LogP contribution in [-0.2, 0) is 22.4 Å². The lowest BCUT2D eigenvalue weighted by atomic mass is 10.0. The van der Waals surface area contributed by atoms with Crippen molar-refractivity contribution in [3.05, 3.63) is 71.8 Å². The molecule has 0 radical (unpaired) electrons. The van der Waals surface area contributed by atoms with Crippen molar-refractivity contribution in [3.63, 3.8) is 0 Å². The van der Waals surface area contributed by atoms with E-state index < -0.39 is 0 Å². The number of ketones is 2. The molecule has 0 saturated heterocycles. The van der Waals surface area contributed by atoms with E-state index in [1.54, 1.807) is 0 Å². The second-order valence-electron chi connectivity index (χ2n) is 5.55. The van der Waals surface area contributed by atoms with E-state index in [1.165, 1.54) is 11.1 Å². The molecule has 114 valence electrons. The van der Waals surface area contributed by atoms with Gasteiger partial charge >= 0.3 is 0 Å². The summed E-state index contributed by atoms with van der Waals surface area (Å²) in [4.78, 5) is 23.7. The van der Waals surface area contributed by atoms with Gasteiger partial charge in [-0.05, 0) is 24.0 Å². The topological polar surface area (TPSA) is 34.1 Å². The van der Waals surface area contributed by atoms with Crippen LogP contribution in [-0.4, -0.2) is 11.6 Å². The van der Waals surface area contributed by atoms with E-state index in [-0.39, 0.29) is 11.6 Å². The Labute approximate surface area is 132 Å². The number of hydrogen-bond donors (Lipinski definition) is 0. The normalized spacial score (nSPS) is 10.4. The van der Waals surface area contributed by atoms with E-state index in [0.29, 0.717) is 25.7 Å². The average Bonchev–Trinajstić information content (AvgIpc) is 2.58. The highest BCUT2D eigenvalue weighted by molar-refractivity contribution is 5.86. The highest BCUT2D eigenvalue weighted by Crippen LogP contribution is 2.08. The summed E-state index contributed by atoms with van der Waals surface area (Å²) in [5.41, 5.74) is 2.34. The van der Waals surface area contributed by atoms with Crippen LogP contribution in [0, 0.1) is 0 Å². The molecule has 0 unspecified atom stereocenters. The third-order valence-electron chi connectivity index (χ3n) is 3.75. The van der Waals surface area contributed by atoms with Crippen molar-refractivity contribution in [2.45, 2.75) is 38.5 Å². The monoisotopic (exact) mass is 294 g/mol. The molecule has 0 aliphatic carbocycles. The van der Waals surface area contributed by atoms with Crippen LogP contribution in [0.3, 0.4) is 0 Å². The van der Waals surface area contributed by atoms with E-state index in [9.17, 15) is 9.59 Å². The lowest BCUT2D eigenvalue weighted by molar-refractivity contribution is -0.124. The molecule has 0 aliphatic heterocycles.